The molecule has 0 aliphatic heterocycles. The number of halogens is 1. The topological polar surface area (TPSA) is 0 Å². The van der Waals surface area contributed by atoms with Crippen LogP contribution in [0.3, 0.4) is 0 Å². The molecule has 0 aromatic heterocycles. The van der Waals surface area contributed by atoms with E-state index in [-0.39, 0.29) is 0 Å². The molecule has 18 heavy (non-hydrogen) atoms. The molecule has 1 fully saturated rings. The second-order valence-corrected chi connectivity index (χ2v) is 6.85. The average Bonchev–Trinajstić information content (AvgIpc) is 2.27. The van der Waals surface area contributed by atoms with Crippen LogP contribution in [0.15, 0.2) is 18.2 Å². The van der Waals surface area contributed by atoms with Gasteiger partial charge in [-0.05, 0) is 43.7 Å². The fourth-order valence-corrected chi connectivity index (χ4v) is 4.21. The molecule has 1 aromatic rings. The van der Waals surface area contributed by atoms with E-state index in [0.29, 0.717) is 4.83 Å². The van der Waals surface area contributed by atoms with Crippen molar-refractivity contribution < 1.29 is 0 Å². The predicted octanol–water partition coefficient (Wildman–Crippen LogP) is 6.10. The predicted molar refractivity (Wildman–Crippen MR) is 83.4 cm³/mol. The Hall–Kier alpha value is -0.300. The zero-order valence-corrected chi connectivity index (χ0v) is 13.3. The van der Waals surface area contributed by atoms with Crippen molar-refractivity contribution in [2.45, 2.75) is 63.6 Å². The molecule has 1 aliphatic rings. The summed E-state index contributed by atoms with van der Waals surface area (Å²) in [6, 6.07) is 6.88. The van der Waals surface area contributed by atoms with Crippen molar-refractivity contribution in [3.8, 4) is 0 Å². The summed E-state index contributed by atoms with van der Waals surface area (Å²) in [7, 11) is 0. The maximum absolute atomic E-state index is 3.98. The van der Waals surface area contributed by atoms with Gasteiger partial charge in [0.15, 0.2) is 0 Å². The van der Waals surface area contributed by atoms with Crippen LogP contribution in [0.4, 0.5) is 0 Å². The highest BCUT2D eigenvalue weighted by atomic mass is 79.9. The summed E-state index contributed by atoms with van der Waals surface area (Å²) in [6.45, 7) is 4.43. The van der Waals surface area contributed by atoms with Crippen LogP contribution in [0.2, 0.25) is 0 Å². The number of hydrogen-bond acceptors (Lipinski definition) is 0. The van der Waals surface area contributed by atoms with Crippen LogP contribution in [0.1, 0.15) is 66.5 Å². The third-order valence-electron chi connectivity index (χ3n) is 4.29. The first-order valence-electron chi connectivity index (χ1n) is 7.39. The molecule has 1 atom stereocenters. The maximum atomic E-state index is 3.98. The summed E-state index contributed by atoms with van der Waals surface area (Å²) in [4.78, 5) is 0.552. The smallest absolute Gasteiger partial charge is 0.0426 e. The Kier molecular flexibility index (Phi) is 5.29. The van der Waals surface area contributed by atoms with Gasteiger partial charge in [0.05, 0.1) is 0 Å². The lowest BCUT2D eigenvalue weighted by atomic mass is 9.85. The first kappa shape index (κ1) is 14.1. The maximum Gasteiger partial charge on any atom is 0.0426 e. The summed E-state index contributed by atoms with van der Waals surface area (Å²) in [5, 5.41) is 0. The first-order chi connectivity index (χ1) is 8.68. The van der Waals surface area contributed by atoms with E-state index in [2.05, 4.69) is 48.0 Å². The minimum Gasteiger partial charge on any atom is -0.0836 e. The van der Waals surface area contributed by atoms with Crippen molar-refractivity contribution >= 4 is 15.9 Å². The second-order valence-electron chi connectivity index (χ2n) is 5.87. The van der Waals surface area contributed by atoms with Crippen molar-refractivity contribution in [2.24, 2.45) is 5.92 Å². The van der Waals surface area contributed by atoms with E-state index in [1.807, 2.05) is 0 Å². The highest BCUT2D eigenvalue weighted by Gasteiger charge is 2.22. The summed E-state index contributed by atoms with van der Waals surface area (Å²) >= 11 is 3.98. The van der Waals surface area contributed by atoms with E-state index in [1.54, 1.807) is 0 Å². The highest BCUT2D eigenvalue weighted by Crippen LogP contribution is 2.40. The molecule has 0 N–H and O–H groups in total. The summed E-state index contributed by atoms with van der Waals surface area (Å²) in [5.74, 6) is 0.826. The Labute approximate surface area is 120 Å². The Bertz CT molecular complexity index is 375. The van der Waals surface area contributed by atoms with Gasteiger partial charge in [-0.25, -0.2) is 0 Å². The average molecular weight is 309 g/mol. The Morgan fingerprint density at radius 1 is 1.00 bits per heavy atom. The normalized spacial score (nSPS) is 20.2. The molecule has 1 aliphatic carbocycles. The van der Waals surface area contributed by atoms with Gasteiger partial charge in [0.2, 0.25) is 0 Å². The van der Waals surface area contributed by atoms with Crippen molar-refractivity contribution in [1.29, 1.82) is 0 Å². The molecule has 100 valence electrons. The van der Waals surface area contributed by atoms with Gasteiger partial charge >= 0.3 is 0 Å². The van der Waals surface area contributed by atoms with Crippen LogP contribution in [0.25, 0.3) is 0 Å². The Morgan fingerprint density at radius 2 is 1.61 bits per heavy atom. The molecule has 1 aromatic carbocycles. The lowest BCUT2D eigenvalue weighted by Gasteiger charge is -2.26. The fourth-order valence-electron chi connectivity index (χ4n) is 3.17. The Balaban J connectivity index is 2.10. The minimum atomic E-state index is 0.552. The van der Waals surface area contributed by atoms with Crippen LogP contribution >= 0.6 is 15.9 Å². The SMILES string of the molecule is Cc1ccc(C(Br)C2CCCCCCC2)c(C)c1. The molecule has 1 saturated carbocycles. The summed E-state index contributed by atoms with van der Waals surface area (Å²) in [5.41, 5.74) is 4.32. The number of alkyl halides is 1. The van der Waals surface area contributed by atoms with Gasteiger partial charge in [0.25, 0.3) is 0 Å². The standard InChI is InChI=1S/C17H25Br/c1-13-10-11-16(14(2)12-13)17(18)15-8-6-4-3-5-7-9-15/h10-12,15,17H,3-9H2,1-2H3. The zero-order valence-electron chi connectivity index (χ0n) is 11.7. The molecule has 1 unspecified atom stereocenters. The van der Waals surface area contributed by atoms with Crippen molar-refractivity contribution in [1.82, 2.24) is 0 Å². The molecule has 0 amide bonds. The summed E-state index contributed by atoms with van der Waals surface area (Å²) < 4.78 is 0. The number of benzene rings is 1. The van der Waals surface area contributed by atoms with Crippen LogP contribution in [-0.2, 0) is 0 Å². The molecular formula is C17H25Br. The van der Waals surface area contributed by atoms with E-state index in [9.17, 15) is 0 Å². The van der Waals surface area contributed by atoms with Gasteiger partial charge < -0.3 is 0 Å². The van der Waals surface area contributed by atoms with E-state index < -0.39 is 0 Å². The lowest BCUT2D eigenvalue weighted by Crippen LogP contribution is -2.11. The van der Waals surface area contributed by atoms with Gasteiger partial charge in [0.1, 0.15) is 0 Å². The third kappa shape index (κ3) is 3.60. The third-order valence-corrected chi connectivity index (χ3v) is 5.53. The second kappa shape index (κ2) is 6.75. The number of rotatable bonds is 2. The van der Waals surface area contributed by atoms with Crippen molar-refractivity contribution in [2.75, 3.05) is 0 Å². The molecule has 0 saturated heterocycles. The molecule has 0 spiro atoms. The van der Waals surface area contributed by atoms with E-state index in [1.165, 1.54) is 61.6 Å². The molecule has 2 rings (SSSR count). The largest absolute Gasteiger partial charge is 0.0836 e. The van der Waals surface area contributed by atoms with Gasteiger partial charge in [-0.15, -0.1) is 0 Å². The van der Waals surface area contributed by atoms with Crippen LogP contribution < -0.4 is 0 Å². The van der Waals surface area contributed by atoms with Crippen LogP contribution in [0.5, 0.6) is 0 Å². The van der Waals surface area contributed by atoms with E-state index in [0.717, 1.165) is 5.92 Å². The molecule has 1 heteroatoms. The quantitative estimate of drug-likeness (QED) is 0.579. The van der Waals surface area contributed by atoms with Crippen LogP contribution in [-0.4, -0.2) is 0 Å². The summed E-state index contributed by atoms with van der Waals surface area (Å²) in [6.07, 6.45) is 9.93. The zero-order chi connectivity index (χ0) is 13.0. The molecule has 0 radical (unpaired) electrons. The molecular weight excluding hydrogens is 284 g/mol. The first-order valence-corrected chi connectivity index (χ1v) is 8.31. The van der Waals surface area contributed by atoms with Crippen molar-refractivity contribution in [3.05, 3.63) is 34.9 Å². The minimum absolute atomic E-state index is 0.552. The number of aryl methyl sites for hydroxylation is 2. The fraction of sp³-hybridized carbons (Fsp3) is 0.647. The van der Waals surface area contributed by atoms with Gasteiger partial charge in [-0.1, -0.05) is 71.8 Å². The Morgan fingerprint density at radius 3 is 2.22 bits per heavy atom. The van der Waals surface area contributed by atoms with Crippen LogP contribution in [0, 0.1) is 19.8 Å². The molecule has 0 bridgehead atoms. The monoisotopic (exact) mass is 308 g/mol. The van der Waals surface area contributed by atoms with Crippen molar-refractivity contribution in [3.63, 3.8) is 0 Å². The van der Waals surface area contributed by atoms with Gasteiger partial charge in [0, 0.05) is 4.83 Å². The highest BCUT2D eigenvalue weighted by molar-refractivity contribution is 9.09. The number of hydrogen-bond donors (Lipinski definition) is 0. The van der Waals surface area contributed by atoms with Gasteiger partial charge in [-0.2, -0.15) is 0 Å². The lowest BCUT2D eigenvalue weighted by molar-refractivity contribution is 0.374. The van der Waals surface area contributed by atoms with E-state index in [4.69, 9.17) is 0 Å². The van der Waals surface area contributed by atoms with Gasteiger partial charge in [-0.3, -0.25) is 0 Å². The molecule has 0 heterocycles. The van der Waals surface area contributed by atoms with E-state index >= 15 is 0 Å². The molecule has 0 nitrogen and oxygen atoms in total.